The zero-order valence-electron chi connectivity index (χ0n) is 6.95. The summed E-state index contributed by atoms with van der Waals surface area (Å²) in [6.07, 6.45) is 1.42. The molecule has 1 saturated carbocycles. The molecule has 0 aromatic heterocycles. The molecule has 0 saturated heterocycles. The normalized spacial score (nSPS) is 47.4. The molecule has 1 rings (SSSR count). The number of hydrogen-bond donors (Lipinski definition) is 0. The van der Waals surface area contributed by atoms with Crippen LogP contribution in [-0.2, 0) is 0 Å². The van der Waals surface area contributed by atoms with E-state index in [4.69, 9.17) is 0 Å². The molecule has 2 heteroatoms. The summed E-state index contributed by atoms with van der Waals surface area (Å²) in [4.78, 5) is 0. The summed E-state index contributed by atoms with van der Waals surface area (Å²) in [5.41, 5.74) is 0.260. The van der Waals surface area contributed by atoms with E-state index in [2.05, 4.69) is 30.0 Å². The van der Waals surface area contributed by atoms with Crippen LogP contribution in [0, 0.1) is 11.3 Å². The van der Waals surface area contributed by atoms with Crippen molar-refractivity contribution in [3.05, 3.63) is 0 Å². The Labute approximate surface area is 64.8 Å². The molecule has 0 heterocycles. The first-order valence-electron chi connectivity index (χ1n) is 3.84. The third kappa shape index (κ3) is 1.34. The minimum absolute atomic E-state index is 0.260. The molecule has 0 aromatic rings. The molecular weight excluding hydrogens is 146 g/mol. The van der Waals surface area contributed by atoms with E-state index < -0.39 is 5.41 Å². The Balaban J connectivity index is 2.50. The van der Waals surface area contributed by atoms with Crippen LogP contribution in [0.5, 0.6) is 0 Å². The number of hydrogen-bond acceptors (Lipinski definition) is 0. The second-order valence-electron chi connectivity index (χ2n) is 4.20. The molecule has 1 atom stereocenters. The van der Waals surface area contributed by atoms with Crippen molar-refractivity contribution in [2.45, 2.75) is 39.0 Å². The minimum atomic E-state index is -0.945. The fourth-order valence-electron chi connectivity index (χ4n) is 1.70. The maximum atomic E-state index is 13.0. The van der Waals surface area contributed by atoms with Crippen LogP contribution in [0.3, 0.4) is 0 Å². The Morgan fingerprint density at radius 1 is 1.40 bits per heavy atom. The fourth-order valence-corrected chi connectivity index (χ4v) is 2.63. The van der Waals surface area contributed by atoms with Crippen molar-refractivity contribution in [1.82, 2.24) is 0 Å². The molecule has 1 unspecified atom stereocenters. The van der Waals surface area contributed by atoms with E-state index in [-0.39, 0.29) is 5.41 Å². The molecule has 0 aromatic carbocycles. The molecule has 0 aliphatic heterocycles. The molecule has 0 nitrogen and oxygen atoms in total. The maximum Gasteiger partial charge on any atom is 0.124 e. The highest BCUT2D eigenvalue weighted by atomic mass is 31.0. The summed E-state index contributed by atoms with van der Waals surface area (Å²) in [6, 6.07) is 0. The Hall–Kier alpha value is 0.360. The lowest BCUT2D eigenvalue weighted by Crippen LogP contribution is -2.45. The van der Waals surface area contributed by atoms with Crippen molar-refractivity contribution in [1.29, 1.82) is 0 Å². The minimum Gasteiger partial charge on any atom is -0.239 e. The topological polar surface area (TPSA) is 0 Å². The van der Waals surface area contributed by atoms with Crippen LogP contribution in [0.15, 0.2) is 0 Å². The molecule has 0 N–H and O–H groups in total. The van der Waals surface area contributed by atoms with E-state index in [1.54, 1.807) is 0 Å². The monoisotopic (exact) mass is 162 g/mol. The summed E-state index contributed by atoms with van der Waals surface area (Å²) in [7, 11) is 2.30. The molecule has 1 aliphatic carbocycles. The SMILES string of the molecule is CC(C)C1(C)CC(F)(P)C1. The van der Waals surface area contributed by atoms with Gasteiger partial charge in [-0.3, -0.25) is 0 Å². The predicted molar refractivity (Wildman–Crippen MR) is 45.7 cm³/mol. The van der Waals surface area contributed by atoms with Gasteiger partial charge in [0.25, 0.3) is 0 Å². The predicted octanol–water partition coefficient (Wildman–Crippen LogP) is 2.98. The summed E-state index contributed by atoms with van der Waals surface area (Å²) in [5.74, 6) is 0.608. The standard InChI is InChI=1S/C8H16FP/c1-6(2)7(3)4-8(9,10)5-7/h6H,4-5,10H2,1-3H3. The average molecular weight is 162 g/mol. The summed E-state index contributed by atoms with van der Waals surface area (Å²) >= 11 is 0. The average Bonchev–Trinajstić information content (AvgIpc) is 1.59. The van der Waals surface area contributed by atoms with Crippen molar-refractivity contribution in [3.63, 3.8) is 0 Å². The second-order valence-corrected chi connectivity index (χ2v) is 5.23. The van der Waals surface area contributed by atoms with Crippen LogP contribution >= 0.6 is 9.24 Å². The van der Waals surface area contributed by atoms with Crippen LogP contribution in [0.1, 0.15) is 33.6 Å². The Morgan fingerprint density at radius 3 is 1.90 bits per heavy atom. The first-order valence-corrected chi connectivity index (χ1v) is 4.41. The first-order chi connectivity index (χ1) is 4.36. The van der Waals surface area contributed by atoms with Gasteiger partial charge in [0, 0.05) is 0 Å². The first kappa shape index (κ1) is 8.46. The van der Waals surface area contributed by atoms with E-state index in [0.717, 1.165) is 0 Å². The van der Waals surface area contributed by atoms with E-state index in [1.165, 1.54) is 0 Å². The molecule has 10 heavy (non-hydrogen) atoms. The van der Waals surface area contributed by atoms with E-state index in [0.29, 0.717) is 18.8 Å². The quantitative estimate of drug-likeness (QED) is 0.520. The zero-order valence-corrected chi connectivity index (χ0v) is 8.10. The largest absolute Gasteiger partial charge is 0.239 e. The third-order valence-electron chi connectivity index (χ3n) is 2.79. The summed E-state index contributed by atoms with van der Waals surface area (Å²) in [5, 5.41) is -0.945. The number of halogens is 1. The Bertz CT molecular complexity index is 132. The lowest BCUT2D eigenvalue weighted by Gasteiger charge is -2.50. The summed E-state index contributed by atoms with van der Waals surface area (Å²) in [6.45, 7) is 6.50. The lowest BCUT2D eigenvalue weighted by molar-refractivity contribution is -0.0223. The number of rotatable bonds is 1. The van der Waals surface area contributed by atoms with Crippen molar-refractivity contribution in [2.24, 2.45) is 11.3 Å². The van der Waals surface area contributed by atoms with Gasteiger partial charge in [-0.05, 0) is 24.2 Å². The van der Waals surface area contributed by atoms with Gasteiger partial charge in [0.05, 0.1) is 0 Å². The lowest BCUT2D eigenvalue weighted by atomic mass is 9.62. The maximum absolute atomic E-state index is 13.0. The van der Waals surface area contributed by atoms with Crippen LogP contribution in [0.25, 0.3) is 0 Å². The van der Waals surface area contributed by atoms with Gasteiger partial charge in [0.2, 0.25) is 0 Å². The fraction of sp³-hybridized carbons (Fsp3) is 1.00. The molecule has 0 bridgehead atoms. The Morgan fingerprint density at radius 2 is 1.80 bits per heavy atom. The molecular formula is C8H16FP. The van der Waals surface area contributed by atoms with Crippen molar-refractivity contribution in [3.8, 4) is 0 Å². The molecule has 0 amide bonds. The Kier molecular flexibility index (Phi) is 1.84. The molecule has 60 valence electrons. The molecule has 0 spiro atoms. The van der Waals surface area contributed by atoms with E-state index >= 15 is 0 Å². The van der Waals surface area contributed by atoms with Gasteiger partial charge in [-0.2, -0.15) is 0 Å². The summed E-state index contributed by atoms with van der Waals surface area (Å²) < 4.78 is 13.0. The highest BCUT2D eigenvalue weighted by Gasteiger charge is 2.50. The molecule has 1 aliphatic rings. The van der Waals surface area contributed by atoms with Gasteiger partial charge in [0.15, 0.2) is 0 Å². The van der Waals surface area contributed by atoms with Crippen molar-refractivity contribution < 1.29 is 4.39 Å². The molecule has 0 radical (unpaired) electrons. The van der Waals surface area contributed by atoms with Crippen LogP contribution in [0.2, 0.25) is 0 Å². The van der Waals surface area contributed by atoms with Gasteiger partial charge in [0.1, 0.15) is 5.41 Å². The van der Waals surface area contributed by atoms with Gasteiger partial charge in [-0.15, -0.1) is 0 Å². The van der Waals surface area contributed by atoms with Gasteiger partial charge < -0.3 is 0 Å². The van der Waals surface area contributed by atoms with Gasteiger partial charge >= 0.3 is 0 Å². The zero-order chi connectivity index (χ0) is 7.99. The van der Waals surface area contributed by atoms with Crippen LogP contribution in [-0.4, -0.2) is 5.41 Å². The van der Waals surface area contributed by atoms with Crippen LogP contribution in [0.4, 0.5) is 4.39 Å². The van der Waals surface area contributed by atoms with Gasteiger partial charge in [-0.25, -0.2) is 4.39 Å². The second kappa shape index (κ2) is 2.17. The van der Waals surface area contributed by atoms with E-state index in [1.807, 2.05) is 0 Å². The van der Waals surface area contributed by atoms with Gasteiger partial charge in [-0.1, -0.05) is 30.0 Å². The van der Waals surface area contributed by atoms with Crippen molar-refractivity contribution in [2.75, 3.05) is 0 Å². The molecule has 1 fully saturated rings. The smallest absolute Gasteiger partial charge is 0.124 e. The highest BCUT2D eigenvalue weighted by Crippen LogP contribution is 2.57. The van der Waals surface area contributed by atoms with E-state index in [9.17, 15) is 4.39 Å². The van der Waals surface area contributed by atoms with Crippen LogP contribution < -0.4 is 0 Å². The van der Waals surface area contributed by atoms with Crippen molar-refractivity contribution >= 4 is 9.24 Å². The third-order valence-corrected chi connectivity index (χ3v) is 3.20. The highest BCUT2D eigenvalue weighted by molar-refractivity contribution is 7.18. The number of alkyl halides is 1.